The number of aryl methyl sites for hydroxylation is 3. The third-order valence-electron chi connectivity index (χ3n) is 4.73. The molecule has 0 saturated carbocycles. The maximum atomic E-state index is 12.8. The lowest BCUT2D eigenvalue weighted by Crippen LogP contribution is -2.42. The second-order valence-electron chi connectivity index (χ2n) is 6.25. The fourth-order valence-electron chi connectivity index (χ4n) is 3.46. The SMILES string of the molecule is Cn1cnnc1C1CN(C(=O)c2ccc3c(c2)CCC3)CCO1. The monoisotopic (exact) mass is 312 g/mol. The Morgan fingerprint density at radius 2 is 2.17 bits per heavy atom. The van der Waals surface area contributed by atoms with E-state index in [-0.39, 0.29) is 12.0 Å². The molecule has 120 valence electrons. The highest BCUT2D eigenvalue weighted by Gasteiger charge is 2.29. The normalized spacial score (nSPS) is 20.6. The Bertz CT molecular complexity index is 740. The lowest BCUT2D eigenvalue weighted by Gasteiger charge is -2.32. The Labute approximate surface area is 135 Å². The minimum atomic E-state index is -0.213. The van der Waals surface area contributed by atoms with Gasteiger partial charge in [-0.05, 0) is 42.5 Å². The molecule has 4 rings (SSSR count). The summed E-state index contributed by atoms with van der Waals surface area (Å²) in [6, 6.07) is 6.13. The molecule has 6 nitrogen and oxygen atoms in total. The predicted molar refractivity (Wildman–Crippen MR) is 84.1 cm³/mol. The average Bonchev–Trinajstić information content (AvgIpc) is 3.22. The van der Waals surface area contributed by atoms with Gasteiger partial charge in [-0.2, -0.15) is 0 Å². The van der Waals surface area contributed by atoms with Gasteiger partial charge < -0.3 is 14.2 Å². The smallest absolute Gasteiger partial charge is 0.254 e. The summed E-state index contributed by atoms with van der Waals surface area (Å²) < 4.78 is 7.62. The summed E-state index contributed by atoms with van der Waals surface area (Å²) in [5.41, 5.74) is 3.50. The molecule has 1 aromatic heterocycles. The van der Waals surface area contributed by atoms with Crippen LogP contribution in [-0.2, 0) is 24.6 Å². The van der Waals surface area contributed by atoms with Crippen LogP contribution in [0, 0.1) is 0 Å². The molecule has 0 bridgehead atoms. The Kier molecular flexibility index (Phi) is 3.61. The van der Waals surface area contributed by atoms with Gasteiger partial charge in [0.25, 0.3) is 5.91 Å². The predicted octanol–water partition coefficient (Wildman–Crippen LogP) is 1.52. The topological polar surface area (TPSA) is 60.2 Å². The summed E-state index contributed by atoms with van der Waals surface area (Å²) in [6.07, 6.45) is 4.85. The molecule has 1 fully saturated rings. The second kappa shape index (κ2) is 5.77. The van der Waals surface area contributed by atoms with Crippen LogP contribution in [0.5, 0.6) is 0 Å². The van der Waals surface area contributed by atoms with E-state index in [4.69, 9.17) is 4.74 Å². The van der Waals surface area contributed by atoms with Crippen molar-refractivity contribution in [2.75, 3.05) is 19.7 Å². The number of rotatable bonds is 2. The number of benzene rings is 1. The van der Waals surface area contributed by atoms with Gasteiger partial charge in [0, 0.05) is 19.2 Å². The van der Waals surface area contributed by atoms with E-state index in [0.717, 1.165) is 24.2 Å². The Morgan fingerprint density at radius 3 is 3.00 bits per heavy atom. The minimum Gasteiger partial charge on any atom is -0.366 e. The lowest BCUT2D eigenvalue weighted by molar-refractivity contribution is -0.0281. The molecule has 1 unspecified atom stereocenters. The standard InChI is InChI=1S/C17H20N4O2/c1-20-11-18-19-16(20)15-10-21(7-8-23-15)17(22)14-6-5-12-3-2-4-13(12)9-14/h5-6,9,11,15H,2-4,7-8,10H2,1H3. The zero-order valence-electron chi connectivity index (χ0n) is 13.2. The van der Waals surface area contributed by atoms with Gasteiger partial charge in [0.2, 0.25) is 0 Å². The number of morpholine rings is 1. The number of aromatic nitrogens is 3. The van der Waals surface area contributed by atoms with E-state index >= 15 is 0 Å². The van der Waals surface area contributed by atoms with Gasteiger partial charge in [-0.3, -0.25) is 4.79 Å². The molecular formula is C17H20N4O2. The molecule has 23 heavy (non-hydrogen) atoms. The van der Waals surface area contributed by atoms with Crippen LogP contribution in [0.1, 0.15) is 39.8 Å². The first-order valence-corrected chi connectivity index (χ1v) is 8.09. The Morgan fingerprint density at radius 1 is 1.30 bits per heavy atom. The van der Waals surface area contributed by atoms with E-state index in [1.165, 1.54) is 17.5 Å². The molecule has 1 aromatic carbocycles. The van der Waals surface area contributed by atoms with Crippen LogP contribution in [0.25, 0.3) is 0 Å². The highest BCUT2D eigenvalue weighted by molar-refractivity contribution is 5.94. The van der Waals surface area contributed by atoms with Gasteiger partial charge in [0.15, 0.2) is 5.82 Å². The van der Waals surface area contributed by atoms with Crippen molar-refractivity contribution in [2.45, 2.75) is 25.4 Å². The number of carbonyl (C=O) groups excluding carboxylic acids is 1. The highest BCUT2D eigenvalue weighted by Crippen LogP contribution is 2.25. The Balaban J connectivity index is 1.53. The molecule has 1 atom stereocenters. The molecule has 1 aliphatic heterocycles. The van der Waals surface area contributed by atoms with E-state index in [9.17, 15) is 4.79 Å². The molecule has 1 amide bonds. The summed E-state index contributed by atoms with van der Waals surface area (Å²) in [7, 11) is 1.89. The maximum absolute atomic E-state index is 12.8. The maximum Gasteiger partial charge on any atom is 0.254 e. The summed E-state index contributed by atoms with van der Waals surface area (Å²) in [4.78, 5) is 14.7. The summed E-state index contributed by atoms with van der Waals surface area (Å²) >= 11 is 0. The van der Waals surface area contributed by atoms with Crippen LogP contribution in [-0.4, -0.2) is 45.3 Å². The average molecular weight is 312 g/mol. The summed E-state index contributed by atoms with van der Waals surface area (Å²) in [5, 5.41) is 8.00. The van der Waals surface area contributed by atoms with Crippen molar-refractivity contribution in [3.05, 3.63) is 47.0 Å². The molecule has 2 aliphatic rings. The number of fused-ring (bicyclic) bond motifs is 1. The fraction of sp³-hybridized carbons (Fsp3) is 0.471. The fourth-order valence-corrected chi connectivity index (χ4v) is 3.46. The molecule has 6 heteroatoms. The number of nitrogens with zero attached hydrogens (tertiary/aromatic N) is 4. The van der Waals surface area contributed by atoms with Crippen LogP contribution in [0.4, 0.5) is 0 Å². The number of hydrogen-bond acceptors (Lipinski definition) is 4. The zero-order valence-corrected chi connectivity index (χ0v) is 13.2. The first-order chi connectivity index (χ1) is 11.2. The number of carbonyl (C=O) groups is 1. The quantitative estimate of drug-likeness (QED) is 0.843. The van der Waals surface area contributed by atoms with Crippen molar-refractivity contribution in [3.63, 3.8) is 0 Å². The van der Waals surface area contributed by atoms with E-state index in [1.54, 1.807) is 6.33 Å². The highest BCUT2D eigenvalue weighted by atomic mass is 16.5. The second-order valence-corrected chi connectivity index (χ2v) is 6.25. The van der Waals surface area contributed by atoms with Crippen molar-refractivity contribution >= 4 is 5.91 Å². The van der Waals surface area contributed by atoms with E-state index in [0.29, 0.717) is 19.7 Å². The van der Waals surface area contributed by atoms with Crippen LogP contribution in [0.15, 0.2) is 24.5 Å². The summed E-state index contributed by atoms with van der Waals surface area (Å²) in [5.74, 6) is 0.839. The molecule has 0 spiro atoms. The molecule has 2 heterocycles. The van der Waals surface area contributed by atoms with Crippen LogP contribution >= 0.6 is 0 Å². The van der Waals surface area contributed by atoms with Crippen molar-refractivity contribution in [3.8, 4) is 0 Å². The molecule has 0 radical (unpaired) electrons. The van der Waals surface area contributed by atoms with Crippen molar-refractivity contribution in [1.82, 2.24) is 19.7 Å². The van der Waals surface area contributed by atoms with E-state index < -0.39 is 0 Å². The van der Waals surface area contributed by atoms with Crippen molar-refractivity contribution in [1.29, 1.82) is 0 Å². The van der Waals surface area contributed by atoms with E-state index in [1.807, 2.05) is 22.6 Å². The molecule has 2 aromatic rings. The first kappa shape index (κ1) is 14.4. The largest absolute Gasteiger partial charge is 0.366 e. The number of ether oxygens (including phenoxy) is 1. The molecule has 0 N–H and O–H groups in total. The number of hydrogen-bond donors (Lipinski definition) is 0. The van der Waals surface area contributed by atoms with Gasteiger partial charge in [-0.15, -0.1) is 10.2 Å². The van der Waals surface area contributed by atoms with E-state index in [2.05, 4.69) is 22.3 Å². The van der Waals surface area contributed by atoms with Crippen LogP contribution in [0.2, 0.25) is 0 Å². The van der Waals surface area contributed by atoms with Crippen LogP contribution in [0.3, 0.4) is 0 Å². The first-order valence-electron chi connectivity index (χ1n) is 8.09. The van der Waals surface area contributed by atoms with Gasteiger partial charge in [-0.25, -0.2) is 0 Å². The van der Waals surface area contributed by atoms with Gasteiger partial charge in [-0.1, -0.05) is 6.07 Å². The minimum absolute atomic E-state index is 0.0789. The number of amides is 1. The van der Waals surface area contributed by atoms with Gasteiger partial charge in [0.1, 0.15) is 12.4 Å². The molecule has 1 aliphatic carbocycles. The summed E-state index contributed by atoms with van der Waals surface area (Å²) in [6.45, 7) is 1.65. The third kappa shape index (κ3) is 2.63. The Hall–Kier alpha value is -2.21. The van der Waals surface area contributed by atoms with Crippen molar-refractivity contribution in [2.24, 2.45) is 7.05 Å². The molecule has 1 saturated heterocycles. The van der Waals surface area contributed by atoms with Gasteiger partial charge in [0.05, 0.1) is 13.2 Å². The van der Waals surface area contributed by atoms with Crippen molar-refractivity contribution < 1.29 is 9.53 Å². The zero-order chi connectivity index (χ0) is 15.8. The van der Waals surface area contributed by atoms with Gasteiger partial charge >= 0.3 is 0 Å². The third-order valence-corrected chi connectivity index (χ3v) is 4.73. The molecular weight excluding hydrogens is 292 g/mol. The van der Waals surface area contributed by atoms with Crippen LogP contribution < -0.4 is 0 Å². The lowest BCUT2D eigenvalue weighted by atomic mass is 10.1.